The number of hydrogen-bond acceptors (Lipinski definition) is 4. The summed E-state index contributed by atoms with van der Waals surface area (Å²) in [7, 11) is 0. The van der Waals surface area contributed by atoms with Crippen LogP contribution in [0.4, 0.5) is 27.6 Å². The SMILES string of the molecule is Cc1c(N2CC3CCC(F)(F)C(O)C3C2)c(F)c(C(F)F)c2c(=O)n(C3CC3)c(=O)[nH]c12. The van der Waals surface area contributed by atoms with Crippen LogP contribution in [0.2, 0.25) is 0 Å². The van der Waals surface area contributed by atoms with E-state index in [1.54, 1.807) is 0 Å². The van der Waals surface area contributed by atoms with Gasteiger partial charge in [-0.1, -0.05) is 0 Å². The van der Waals surface area contributed by atoms with E-state index in [1.807, 2.05) is 0 Å². The van der Waals surface area contributed by atoms with E-state index >= 15 is 4.39 Å². The molecule has 0 bridgehead atoms. The summed E-state index contributed by atoms with van der Waals surface area (Å²) < 4.78 is 72.4. The summed E-state index contributed by atoms with van der Waals surface area (Å²) in [5.41, 5.74) is -3.16. The van der Waals surface area contributed by atoms with Crippen LogP contribution in [-0.2, 0) is 0 Å². The molecule has 32 heavy (non-hydrogen) atoms. The van der Waals surface area contributed by atoms with Crippen molar-refractivity contribution >= 4 is 16.6 Å². The standard InChI is InChI=1S/C21H22F5N3O3/c1-8-15-13(19(31)29(10-2-3-10)20(32)27-15)12(18(23)24)14(22)16(8)28-6-9-4-5-21(25,26)17(30)11(9)7-28/h9-11,17-18,30H,2-7H2,1H3,(H,27,32). The molecule has 11 heteroatoms. The van der Waals surface area contributed by atoms with Crippen LogP contribution < -0.4 is 16.1 Å². The van der Waals surface area contributed by atoms with E-state index in [0.29, 0.717) is 12.8 Å². The van der Waals surface area contributed by atoms with E-state index in [2.05, 4.69) is 4.98 Å². The average Bonchev–Trinajstić information content (AvgIpc) is 3.44. The van der Waals surface area contributed by atoms with Gasteiger partial charge in [-0.15, -0.1) is 0 Å². The molecular weight excluding hydrogens is 437 g/mol. The Morgan fingerprint density at radius 3 is 2.47 bits per heavy atom. The summed E-state index contributed by atoms with van der Waals surface area (Å²) in [5, 5.41) is 9.54. The minimum Gasteiger partial charge on any atom is -0.386 e. The van der Waals surface area contributed by atoms with Gasteiger partial charge in [-0.25, -0.2) is 26.7 Å². The van der Waals surface area contributed by atoms with E-state index in [0.717, 1.165) is 4.57 Å². The highest BCUT2D eigenvalue weighted by Gasteiger charge is 2.53. The van der Waals surface area contributed by atoms with Gasteiger partial charge in [0.15, 0.2) is 5.82 Å². The predicted octanol–water partition coefficient (Wildman–Crippen LogP) is 3.25. The molecule has 0 spiro atoms. The minimum absolute atomic E-state index is 0.0824. The number of halogens is 5. The van der Waals surface area contributed by atoms with Crippen molar-refractivity contribution in [1.29, 1.82) is 0 Å². The maximum atomic E-state index is 15.5. The fourth-order valence-corrected chi connectivity index (χ4v) is 5.43. The van der Waals surface area contributed by atoms with Gasteiger partial charge in [0.1, 0.15) is 6.10 Å². The molecule has 1 aromatic heterocycles. The summed E-state index contributed by atoms with van der Waals surface area (Å²) in [6, 6.07) is -0.394. The second kappa shape index (κ2) is 7.03. The maximum absolute atomic E-state index is 15.5. The molecule has 3 unspecified atom stereocenters. The van der Waals surface area contributed by atoms with Gasteiger partial charge in [-0.05, 0) is 37.7 Å². The van der Waals surface area contributed by atoms with E-state index in [1.165, 1.54) is 11.8 Å². The number of aromatic amines is 1. The number of rotatable bonds is 3. The lowest BCUT2D eigenvalue weighted by molar-refractivity contribution is -0.161. The first-order valence-corrected chi connectivity index (χ1v) is 10.6. The van der Waals surface area contributed by atoms with E-state index < -0.39 is 64.8 Å². The molecule has 2 aliphatic carbocycles. The van der Waals surface area contributed by atoms with Crippen molar-refractivity contribution in [2.24, 2.45) is 11.8 Å². The van der Waals surface area contributed by atoms with Crippen LogP contribution in [0.15, 0.2) is 9.59 Å². The third-order valence-corrected chi connectivity index (χ3v) is 7.20. The Labute approximate surface area is 178 Å². The Morgan fingerprint density at radius 2 is 1.84 bits per heavy atom. The van der Waals surface area contributed by atoms with Crippen LogP contribution in [-0.4, -0.2) is 39.8 Å². The summed E-state index contributed by atoms with van der Waals surface area (Å²) in [6.45, 7) is 1.36. The number of nitrogens with one attached hydrogen (secondary N) is 1. The largest absolute Gasteiger partial charge is 0.386 e. The maximum Gasteiger partial charge on any atom is 0.329 e. The highest BCUT2D eigenvalue weighted by molar-refractivity contribution is 5.90. The van der Waals surface area contributed by atoms with Gasteiger partial charge in [-0.3, -0.25) is 9.36 Å². The summed E-state index contributed by atoms with van der Waals surface area (Å²) in [4.78, 5) is 29.3. The Hall–Kier alpha value is -2.43. The number of aryl methyl sites for hydroxylation is 1. The zero-order valence-corrected chi connectivity index (χ0v) is 17.2. The highest BCUT2D eigenvalue weighted by Crippen LogP contribution is 2.47. The van der Waals surface area contributed by atoms with Crippen LogP contribution in [0.25, 0.3) is 10.9 Å². The average molecular weight is 459 g/mol. The zero-order valence-electron chi connectivity index (χ0n) is 17.2. The van der Waals surface area contributed by atoms with Crippen molar-refractivity contribution in [3.8, 4) is 0 Å². The number of alkyl halides is 4. The van der Waals surface area contributed by atoms with Gasteiger partial charge in [0, 0.05) is 31.5 Å². The predicted molar refractivity (Wildman–Crippen MR) is 106 cm³/mol. The smallest absolute Gasteiger partial charge is 0.329 e. The molecule has 5 rings (SSSR count). The van der Waals surface area contributed by atoms with Crippen molar-refractivity contribution in [1.82, 2.24) is 9.55 Å². The lowest BCUT2D eigenvalue weighted by atomic mass is 9.77. The Morgan fingerprint density at radius 1 is 1.16 bits per heavy atom. The van der Waals surface area contributed by atoms with E-state index in [9.17, 15) is 32.3 Å². The fraction of sp³-hybridized carbons (Fsp3) is 0.619. The first kappa shape index (κ1) is 21.4. The van der Waals surface area contributed by atoms with Gasteiger partial charge in [0.2, 0.25) is 0 Å². The van der Waals surface area contributed by atoms with Gasteiger partial charge >= 0.3 is 5.69 Å². The number of anilines is 1. The quantitative estimate of drug-likeness (QED) is 0.691. The molecule has 2 aromatic rings. The van der Waals surface area contributed by atoms with Crippen molar-refractivity contribution < 1.29 is 27.1 Å². The van der Waals surface area contributed by atoms with Crippen LogP contribution in [0, 0.1) is 24.6 Å². The molecule has 1 aliphatic heterocycles. The van der Waals surface area contributed by atoms with Gasteiger partial charge in [-0.2, -0.15) is 0 Å². The van der Waals surface area contributed by atoms with Crippen LogP contribution in [0.3, 0.4) is 0 Å². The van der Waals surface area contributed by atoms with E-state index in [4.69, 9.17) is 0 Å². The first-order chi connectivity index (χ1) is 15.0. The zero-order chi connectivity index (χ0) is 23.1. The molecular formula is C21H22F5N3O3. The Bertz CT molecular complexity index is 1220. The monoisotopic (exact) mass is 459 g/mol. The Balaban J connectivity index is 1.69. The van der Waals surface area contributed by atoms with Crippen molar-refractivity contribution in [3.05, 3.63) is 37.8 Å². The molecule has 3 aliphatic rings. The Kier molecular flexibility index (Phi) is 4.71. The number of aliphatic hydroxyl groups excluding tert-OH is 1. The molecule has 2 heterocycles. The topological polar surface area (TPSA) is 78.3 Å². The second-order valence-corrected chi connectivity index (χ2v) is 9.16. The fourth-order valence-electron chi connectivity index (χ4n) is 5.43. The molecule has 1 saturated heterocycles. The van der Waals surface area contributed by atoms with Crippen molar-refractivity contribution in [2.75, 3.05) is 18.0 Å². The number of aromatic nitrogens is 2. The summed E-state index contributed by atoms with van der Waals surface area (Å²) in [5.74, 6) is -5.75. The van der Waals surface area contributed by atoms with Crippen LogP contribution in [0.5, 0.6) is 0 Å². The van der Waals surface area contributed by atoms with E-state index in [-0.39, 0.29) is 42.2 Å². The number of fused-ring (bicyclic) bond motifs is 2. The molecule has 6 nitrogen and oxygen atoms in total. The highest BCUT2D eigenvalue weighted by atomic mass is 19.3. The van der Waals surface area contributed by atoms with Gasteiger partial charge < -0.3 is 15.0 Å². The van der Waals surface area contributed by atoms with Gasteiger partial charge in [0.25, 0.3) is 17.9 Å². The van der Waals surface area contributed by atoms with Crippen LogP contribution in [0.1, 0.15) is 49.3 Å². The molecule has 2 N–H and O–H groups in total. The lowest BCUT2D eigenvalue weighted by Crippen LogP contribution is -2.46. The number of hydrogen-bond donors (Lipinski definition) is 2. The minimum atomic E-state index is -3.33. The third kappa shape index (κ3) is 3.00. The van der Waals surface area contributed by atoms with Crippen molar-refractivity contribution in [3.63, 3.8) is 0 Å². The number of benzene rings is 1. The van der Waals surface area contributed by atoms with Gasteiger partial charge in [0.05, 0.1) is 22.2 Å². The lowest BCUT2D eigenvalue weighted by Gasteiger charge is -2.35. The number of aliphatic hydroxyl groups is 1. The number of nitrogens with zero attached hydrogens (tertiary/aromatic N) is 2. The summed E-state index contributed by atoms with van der Waals surface area (Å²) >= 11 is 0. The number of H-pyrrole nitrogens is 1. The molecule has 0 radical (unpaired) electrons. The normalized spacial score (nSPS) is 27.4. The summed E-state index contributed by atoms with van der Waals surface area (Å²) in [6.07, 6.45) is -4.51. The molecule has 3 fully saturated rings. The molecule has 1 aromatic carbocycles. The molecule has 3 atom stereocenters. The van der Waals surface area contributed by atoms with Crippen LogP contribution >= 0.6 is 0 Å². The van der Waals surface area contributed by atoms with Crippen molar-refractivity contribution in [2.45, 2.75) is 57.1 Å². The first-order valence-electron chi connectivity index (χ1n) is 10.6. The second-order valence-electron chi connectivity index (χ2n) is 9.16. The molecule has 2 saturated carbocycles. The molecule has 0 amide bonds. The molecule has 174 valence electrons. The third-order valence-electron chi connectivity index (χ3n) is 7.20.